The third kappa shape index (κ3) is 3.99. The predicted octanol–water partition coefficient (Wildman–Crippen LogP) is 4.73. The Hall–Kier alpha value is -2.83. The molecule has 0 spiro atoms. The van der Waals surface area contributed by atoms with Gasteiger partial charge in [0, 0.05) is 22.3 Å². The van der Waals surface area contributed by atoms with Crippen LogP contribution >= 0.6 is 11.3 Å². The summed E-state index contributed by atoms with van der Waals surface area (Å²) in [6.45, 7) is 7.87. The molecule has 3 rings (SSSR count). The van der Waals surface area contributed by atoms with Gasteiger partial charge in [-0.05, 0) is 76.1 Å². The van der Waals surface area contributed by atoms with Gasteiger partial charge in [0.1, 0.15) is 22.7 Å². The Morgan fingerprint density at radius 2 is 2.07 bits per heavy atom. The summed E-state index contributed by atoms with van der Waals surface area (Å²) in [5, 5.41) is 23.1. The van der Waals surface area contributed by atoms with Crippen molar-refractivity contribution in [1.82, 2.24) is 9.88 Å². The van der Waals surface area contributed by atoms with E-state index in [1.165, 1.54) is 16.9 Å². The second kappa shape index (κ2) is 8.68. The number of fused-ring (bicyclic) bond motifs is 1. The van der Waals surface area contributed by atoms with Crippen LogP contribution in [0.5, 0.6) is 0 Å². The highest BCUT2D eigenvalue weighted by molar-refractivity contribution is 7.15. The maximum atomic E-state index is 12.4. The van der Waals surface area contributed by atoms with Crippen molar-refractivity contribution in [3.8, 4) is 17.1 Å². The van der Waals surface area contributed by atoms with Crippen LogP contribution in [0.25, 0.3) is 11.1 Å². The summed E-state index contributed by atoms with van der Waals surface area (Å²) in [6, 6.07) is 6.44. The Morgan fingerprint density at radius 3 is 2.72 bits per heavy atom. The van der Waals surface area contributed by atoms with Crippen LogP contribution in [0.1, 0.15) is 66.1 Å². The number of nitrogens with zero attached hydrogens (tertiary/aromatic N) is 3. The van der Waals surface area contributed by atoms with Gasteiger partial charge >= 0.3 is 0 Å². The summed E-state index contributed by atoms with van der Waals surface area (Å²) in [6.07, 6.45) is 6.76. The molecule has 0 fully saturated rings. The largest absolute Gasteiger partial charge is 0.349 e. The molecule has 1 aliphatic rings. The summed E-state index contributed by atoms with van der Waals surface area (Å²) in [4.78, 5) is 13.7. The van der Waals surface area contributed by atoms with E-state index in [1.54, 1.807) is 17.4 Å². The number of rotatable bonds is 5. The molecule has 150 valence electrons. The van der Waals surface area contributed by atoms with Gasteiger partial charge in [0.25, 0.3) is 5.91 Å². The lowest BCUT2D eigenvalue weighted by molar-refractivity contribution is -0.117. The standard InChI is InChI=1S/C23H26N4OS/c1-5-14(2)26-22(28)18(12-24)11-17-10-15(3)27(16(17)4)23-20(13-25)19-8-6-7-9-21(19)29-23/h10-11,14H,5-9H2,1-4H3,(H,26,28)/b18-11+/t14-/m0/s1. The molecule has 6 heteroatoms. The van der Waals surface area contributed by atoms with E-state index in [1.807, 2.05) is 39.8 Å². The minimum Gasteiger partial charge on any atom is -0.349 e. The van der Waals surface area contributed by atoms with Gasteiger partial charge in [-0.25, -0.2) is 0 Å². The number of hydrogen-bond donors (Lipinski definition) is 1. The van der Waals surface area contributed by atoms with E-state index in [0.29, 0.717) is 0 Å². The van der Waals surface area contributed by atoms with Crippen molar-refractivity contribution in [1.29, 1.82) is 10.5 Å². The number of carbonyl (C=O) groups excluding carboxylic acids is 1. The number of hydrogen-bond acceptors (Lipinski definition) is 4. The first-order chi connectivity index (χ1) is 13.9. The molecular formula is C23H26N4OS. The molecule has 0 bridgehead atoms. The Balaban J connectivity index is 2.04. The minimum atomic E-state index is -0.351. The normalized spacial score (nSPS) is 14.6. The van der Waals surface area contributed by atoms with Crippen LogP contribution in [0.15, 0.2) is 11.6 Å². The van der Waals surface area contributed by atoms with E-state index >= 15 is 0 Å². The zero-order valence-corrected chi connectivity index (χ0v) is 18.2. The van der Waals surface area contributed by atoms with E-state index in [2.05, 4.69) is 16.0 Å². The van der Waals surface area contributed by atoms with Gasteiger partial charge in [0.15, 0.2) is 0 Å². The molecule has 0 radical (unpaired) electrons. The van der Waals surface area contributed by atoms with Crippen molar-refractivity contribution < 1.29 is 4.79 Å². The smallest absolute Gasteiger partial charge is 0.262 e. The molecule has 1 aliphatic carbocycles. The van der Waals surface area contributed by atoms with Crippen LogP contribution < -0.4 is 5.32 Å². The van der Waals surface area contributed by atoms with Crippen molar-refractivity contribution in [3.05, 3.63) is 44.6 Å². The van der Waals surface area contributed by atoms with Crippen molar-refractivity contribution in [2.24, 2.45) is 0 Å². The molecule has 1 amide bonds. The van der Waals surface area contributed by atoms with E-state index in [9.17, 15) is 15.3 Å². The molecule has 2 aromatic rings. The second-order valence-electron chi connectivity index (χ2n) is 7.62. The van der Waals surface area contributed by atoms with Gasteiger partial charge < -0.3 is 9.88 Å². The van der Waals surface area contributed by atoms with E-state index in [4.69, 9.17) is 0 Å². The highest BCUT2D eigenvalue weighted by Crippen LogP contribution is 2.38. The number of nitriles is 2. The molecule has 0 saturated carbocycles. The molecule has 0 aromatic carbocycles. The maximum Gasteiger partial charge on any atom is 0.262 e. The molecule has 1 atom stereocenters. The van der Waals surface area contributed by atoms with Crippen molar-refractivity contribution in [2.75, 3.05) is 0 Å². The zero-order valence-electron chi connectivity index (χ0n) is 17.4. The fourth-order valence-electron chi connectivity index (χ4n) is 3.78. The molecule has 0 unspecified atom stereocenters. The first-order valence-corrected chi connectivity index (χ1v) is 10.9. The number of carbonyl (C=O) groups is 1. The van der Waals surface area contributed by atoms with Crippen molar-refractivity contribution in [3.63, 3.8) is 0 Å². The third-order valence-corrected chi connectivity index (χ3v) is 6.87. The van der Waals surface area contributed by atoms with Crippen LogP contribution in [0.2, 0.25) is 0 Å². The van der Waals surface area contributed by atoms with Gasteiger partial charge in [0.05, 0.1) is 5.56 Å². The van der Waals surface area contributed by atoms with E-state index in [-0.39, 0.29) is 17.5 Å². The van der Waals surface area contributed by atoms with Gasteiger partial charge in [-0.15, -0.1) is 11.3 Å². The molecular weight excluding hydrogens is 380 g/mol. The fraction of sp³-hybridized carbons (Fsp3) is 0.435. The first-order valence-electron chi connectivity index (χ1n) is 10.1. The number of amides is 1. The topological polar surface area (TPSA) is 81.6 Å². The van der Waals surface area contributed by atoms with Crippen LogP contribution in [0.3, 0.4) is 0 Å². The lowest BCUT2D eigenvalue weighted by atomic mass is 9.96. The lowest BCUT2D eigenvalue weighted by Crippen LogP contribution is -2.32. The predicted molar refractivity (Wildman–Crippen MR) is 116 cm³/mol. The number of aryl methyl sites for hydroxylation is 2. The van der Waals surface area contributed by atoms with Crippen molar-refractivity contribution in [2.45, 2.75) is 65.8 Å². The highest BCUT2D eigenvalue weighted by Gasteiger charge is 2.24. The average Bonchev–Trinajstić information content (AvgIpc) is 3.21. The van der Waals surface area contributed by atoms with Crippen molar-refractivity contribution >= 4 is 23.3 Å². The number of nitrogens with one attached hydrogen (secondary N) is 1. The summed E-state index contributed by atoms with van der Waals surface area (Å²) in [5.74, 6) is -0.351. The van der Waals surface area contributed by atoms with Crippen LogP contribution in [0.4, 0.5) is 0 Å². The SMILES string of the molecule is CC[C@H](C)NC(=O)/C(C#N)=C/c1cc(C)n(-c2sc3c(c2C#N)CCCC3)c1C. The van der Waals surface area contributed by atoms with Crippen LogP contribution in [-0.4, -0.2) is 16.5 Å². The molecule has 2 aromatic heterocycles. The van der Waals surface area contributed by atoms with Crippen LogP contribution in [-0.2, 0) is 17.6 Å². The van der Waals surface area contributed by atoms with E-state index < -0.39 is 0 Å². The Kier molecular flexibility index (Phi) is 6.25. The summed E-state index contributed by atoms with van der Waals surface area (Å²) in [5.41, 5.74) is 4.82. The summed E-state index contributed by atoms with van der Waals surface area (Å²) in [7, 11) is 0. The second-order valence-corrected chi connectivity index (χ2v) is 8.70. The third-order valence-electron chi connectivity index (χ3n) is 5.59. The molecule has 0 aliphatic heterocycles. The first kappa shape index (κ1) is 20.9. The fourth-order valence-corrected chi connectivity index (χ4v) is 5.23. The van der Waals surface area contributed by atoms with Gasteiger partial charge in [0.2, 0.25) is 0 Å². The molecule has 29 heavy (non-hydrogen) atoms. The minimum absolute atomic E-state index is 0.0160. The highest BCUT2D eigenvalue weighted by atomic mass is 32.1. The van der Waals surface area contributed by atoms with Gasteiger partial charge in [-0.2, -0.15) is 10.5 Å². The lowest BCUT2D eigenvalue weighted by Gasteiger charge is -2.10. The quantitative estimate of drug-likeness (QED) is 0.576. The number of thiophene rings is 1. The van der Waals surface area contributed by atoms with Gasteiger partial charge in [-0.1, -0.05) is 6.92 Å². The summed E-state index contributed by atoms with van der Waals surface area (Å²) < 4.78 is 2.09. The van der Waals surface area contributed by atoms with Crippen LogP contribution in [0, 0.1) is 36.5 Å². The monoisotopic (exact) mass is 406 g/mol. The molecule has 5 nitrogen and oxygen atoms in total. The molecule has 2 heterocycles. The zero-order chi connectivity index (χ0) is 21.1. The Morgan fingerprint density at radius 1 is 1.34 bits per heavy atom. The molecule has 0 saturated heterocycles. The molecule has 1 N–H and O–H groups in total. The van der Waals surface area contributed by atoms with E-state index in [0.717, 1.165) is 53.2 Å². The number of aromatic nitrogens is 1. The Labute approximate surface area is 176 Å². The Bertz CT molecular complexity index is 1060. The average molecular weight is 407 g/mol. The summed E-state index contributed by atoms with van der Waals surface area (Å²) >= 11 is 1.70. The van der Waals surface area contributed by atoms with Gasteiger partial charge in [-0.3, -0.25) is 4.79 Å². The maximum absolute atomic E-state index is 12.4.